The smallest absolute Gasteiger partial charge is 0.341 e. The van der Waals surface area contributed by atoms with Crippen molar-refractivity contribution in [2.75, 3.05) is 0 Å². The predicted octanol–water partition coefficient (Wildman–Crippen LogP) is 1.54. The molecule has 1 saturated carbocycles. The van der Waals surface area contributed by atoms with Crippen LogP contribution in [-0.2, 0) is 0 Å². The topological polar surface area (TPSA) is 88.0 Å². The van der Waals surface area contributed by atoms with Gasteiger partial charge in [-0.15, -0.1) is 0 Å². The van der Waals surface area contributed by atoms with Crippen molar-refractivity contribution in [1.29, 1.82) is 0 Å². The van der Waals surface area contributed by atoms with Crippen LogP contribution >= 0.6 is 0 Å². The molecule has 0 unspecified atom stereocenters. The van der Waals surface area contributed by atoms with Crippen molar-refractivity contribution < 1.29 is 9.90 Å². The van der Waals surface area contributed by atoms with Gasteiger partial charge in [0.05, 0.1) is 12.2 Å². The molecule has 0 aromatic carbocycles. The predicted molar refractivity (Wildman–Crippen MR) is 64.8 cm³/mol. The standard InChI is InChI=1S/C12H13N3O3/c16-11-9(12(17)18)5-7-6-13-15(10(7)14-11)8-3-1-2-4-8/h5-6,8H,1-4H2,(H,14,16)(H,17,18). The Morgan fingerprint density at radius 3 is 2.83 bits per heavy atom. The number of pyridine rings is 1. The van der Waals surface area contributed by atoms with Crippen LogP contribution in [0.2, 0.25) is 0 Å². The van der Waals surface area contributed by atoms with Crippen LogP contribution in [0.25, 0.3) is 11.0 Å². The molecule has 2 aromatic heterocycles. The molecule has 2 N–H and O–H groups in total. The maximum absolute atomic E-state index is 11.7. The van der Waals surface area contributed by atoms with Gasteiger partial charge in [-0.25, -0.2) is 9.48 Å². The van der Waals surface area contributed by atoms with Crippen molar-refractivity contribution in [3.8, 4) is 0 Å². The highest BCUT2D eigenvalue weighted by Gasteiger charge is 2.21. The van der Waals surface area contributed by atoms with Gasteiger partial charge in [-0.3, -0.25) is 4.79 Å². The van der Waals surface area contributed by atoms with Crippen LogP contribution in [0.1, 0.15) is 42.1 Å². The van der Waals surface area contributed by atoms with Crippen LogP contribution in [0.5, 0.6) is 0 Å². The number of hydrogen-bond acceptors (Lipinski definition) is 3. The SMILES string of the molecule is O=C(O)c1cc2cnn(C3CCCC3)c2[nH]c1=O. The van der Waals surface area contributed by atoms with Gasteiger partial charge in [0.15, 0.2) is 0 Å². The summed E-state index contributed by atoms with van der Waals surface area (Å²) in [5.41, 5.74) is -0.194. The largest absolute Gasteiger partial charge is 0.477 e. The average Bonchev–Trinajstić information content (AvgIpc) is 2.94. The molecule has 94 valence electrons. The molecule has 0 amide bonds. The molecule has 6 nitrogen and oxygen atoms in total. The lowest BCUT2D eigenvalue weighted by molar-refractivity contribution is 0.0695. The van der Waals surface area contributed by atoms with Crippen molar-refractivity contribution in [3.63, 3.8) is 0 Å². The number of nitrogens with one attached hydrogen (secondary N) is 1. The van der Waals surface area contributed by atoms with E-state index < -0.39 is 11.5 Å². The van der Waals surface area contributed by atoms with E-state index in [0.29, 0.717) is 17.1 Å². The third kappa shape index (κ3) is 1.61. The van der Waals surface area contributed by atoms with E-state index in [9.17, 15) is 9.59 Å². The van der Waals surface area contributed by atoms with Crippen molar-refractivity contribution in [1.82, 2.24) is 14.8 Å². The highest BCUT2D eigenvalue weighted by atomic mass is 16.4. The Balaban J connectivity index is 2.17. The molecule has 1 aliphatic carbocycles. The number of carbonyl (C=O) groups is 1. The van der Waals surface area contributed by atoms with Crippen molar-refractivity contribution >= 4 is 17.0 Å². The van der Waals surface area contributed by atoms with Crippen molar-refractivity contribution in [2.24, 2.45) is 0 Å². The Morgan fingerprint density at radius 1 is 1.44 bits per heavy atom. The lowest BCUT2D eigenvalue weighted by atomic mass is 10.2. The van der Waals surface area contributed by atoms with Gasteiger partial charge in [0.1, 0.15) is 11.2 Å². The lowest BCUT2D eigenvalue weighted by Crippen LogP contribution is -2.18. The first-order chi connectivity index (χ1) is 8.66. The van der Waals surface area contributed by atoms with Crippen LogP contribution in [0.3, 0.4) is 0 Å². The number of carboxylic acid groups (broad SMARTS) is 1. The molecule has 0 saturated heterocycles. The first-order valence-corrected chi connectivity index (χ1v) is 6.00. The fourth-order valence-corrected chi connectivity index (χ4v) is 2.59. The van der Waals surface area contributed by atoms with E-state index in [1.165, 1.54) is 18.9 Å². The molecule has 2 aromatic rings. The van der Waals surface area contributed by atoms with Gasteiger partial charge >= 0.3 is 5.97 Å². The van der Waals surface area contributed by atoms with Gasteiger partial charge in [-0.2, -0.15) is 5.10 Å². The summed E-state index contributed by atoms with van der Waals surface area (Å²) in [4.78, 5) is 25.2. The minimum absolute atomic E-state index is 0.242. The number of carboxylic acids is 1. The summed E-state index contributed by atoms with van der Waals surface area (Å²) in [5.74, 6) is -1.22. The normalized spacial score (nSPS) is 16.4. The quantitative estimate of drug-likeness (QED) is 0.842. The maximum atomic E-state index is 11.7. The molecule has 6 heteroatoms. The van der Waals surface area contributed by atoms with Gasteiger partial charge in [0, 0.05) is 5.39 Å². The summed E-state index contributed by atoms with van der Waals surface area (Å²) in [6.45, 7) is 0. The van der Waals surface area contributed by atoms with Gasteiger partial charge in [0.2, 0.25) is 0 Å². The molecule has 18 heavy (non-hydrogen) atoms. The third-order valence-corrected chi connectivity index (χ3v) is 3.50. The number of nitrogens with zero attached hydrogens (tertiary/aromatic N) is 2. The zero-order valence-electron chi connectivity index (χ0n) is 9.72. The lowest BCUT2D eigenvalue weighted by Gasteiger charge is -2.10. The summed E-state index contributed by atoms with van der Waals surface area (Å²) in [6.07, 6.45) is 6.06. The molecule has 0 aliphatic heterocycles. The molecule has 3 rings (SSSR count). The number of H-pyrrole nitrogens is 1. The van der Waals surface area contributed by atoms with E-state index in [-0.39, 0.29) is 5.56 Å². The van der Waals surface area contributed by atoms with E-state index >= 15 is 0 Å². The molecule has 0 bridgehead atoms. The second-order valence-electron chi connectivity index (χ2n) is 4.65. The van der Waals surface area contributed by atoms with Crippen molar-refractivity contribution in [2.45, 2.75) is 31.7 Å². The summed E-state index contributed by atoms with van der Waals surface area (Å²) in [5, 5.41) is 13.8. The molecule has 0 radical (unpaired) electrons. The third-order valence-electron chi connectivity index (χ3n) is 3.50. The Morgan fingerprint density at radius 2 is 2.17 bits per heavy atom. The first kappa shape index (κ1) is 11.0. The van der Waals surface area contributed by atoms with Crippen LogP contribution in [-0.4, -0.2) is 25.8 Å². The van der Waals surface area contributed by atoms with Gasteiger partial charge in [0.25, 0.3) is 5.56 Å². The maximum Gasteiger partial charge on any atom is 0.341 e. The second-order valence-corrected chi connectivity index (χ2v) is 4.65. The Bertz CT molecular complexity index is 665. The van der Waals surface area contributed by atoms with E-state index in [2.05, 4.69) is 10.1 Å². The van der Waals surface area contributed by atoms with Gasteiger partial charge in [-0.1, -0.05) is 12.8 Å². The molecular weight excluding hydrogens is 234 g/mol. The Labute approximate surface area is 102 Å². The summed E-state index contributed by atoms with van der Waals surface area (Å²) in [6, 6.07) is 1.70. The zero-order valence-corrected chi connectivity index (χ0v) is 9.72. The minimum atomic E-state index is -1.22. The molecule has 1 fully saturated rings. The summed E-state index contributed by atoms with van der Waals surface area (Å²) in [7, 11) is 0. The number of aromatic amines is 1. The van der Waals surface area contributed by atoms with E-state index in [4.69, 9.17) is 5.11 Å². The molecule has 2 heterocycles. The van der Waals surface area contributed by atoms with Crippen LogP contribution < -0.4 is 5.56 Å². The van der Waals surface area contributed by atoms with Crippen molar-refractivity contribution in [3.05, 3.63) is 28.2 Å². The summed E-state index contributed by atoms with van der Waals surface area (Å²) < 4.78 is 1.81. The Kier molecular flexibility index (Phi) is 2.43. The zero-order chi connectivity index (χ0) is 12.7. The monoisotopic (exact) mass is 247 g/mol. The highest BCUT2D eigenvalue weighted by molar-refractivity contribution is 5.91. The number of aromatic carboxylic acids is 1. The molecular formula is C12H13N3O3. The van der Waals surface area contributed by atoms with Crippen LogP contribution in [0.4, 0.5) is 0 Å². The Hall–Kier alpha value is -2.11. The van der Waals surface area contributed by atoms with E-state index in [1.54, 1.807) is 6.20 Å². The highest BCUT2D eigenvalue weighted by Crippen LogP contribution is 2.30. The molecule has 0 atom stereocenters. The number of rotatable bonds is 2. The van der Waals surface area contributed by atoms with Gasteiger partial charge in [-0.05, 0) is 18.9 Å². The van der Waals surface area contributed by atoms with E-state index in [0.717, 1.165) is 12.8 Å². The number of hydrogen-bond donors (Lipinski definition) is 2. The van der Waals surface area contributed by atoms with Gasteiger partial charge < -0.3 is 10.1 Å². The minimum Gasteiger partial charge on any atom is -0.477 e. The van der Waals surface area contributed by atoms with E-state index in [1.807, 2.05) is 4.68 Å². The molecule has 0 spiro atoms. The average molecular weight is 247 g/mol. The van der Waals surface area contributed by atoms with Crippen LogP contribution in [0, 0.1) is 0 Å². The number of fused-ring (bicyclic) bond motifs is 1. The fraction of sp³-hybridized carbons (Fsp3) is 0.417. The molecule has 1 aliphatic rings. The van der Waals surface area contributed by atoms with Crippen LogP contribution in [0.15, 0.2) is 17.1 Å². The summed E-state index contributed by atoms with van der Waals surface area (Å²) >= 11 is 0. The number of aromatic nitrogens is 3. The second kappa shape index (κ2) is 3.97. The first-order valence-electron chi connectivity index (χ1n) is 6.00. The fourth-order valence-electron chi connectivity index (χ4n) is 2.59.